The highest BCUT2D eigenvalue weighted by molar-refractivity contribution is 7.92. The van der Waals surface area contributed by atoms with Gasteiger partial charge < -0.3 is 14.4 Å². The molecule has 180 valence electrons. The molecule has 0 radical (unpaired) electrons. The Balaban J connectivity index is 1.94. The lowest BCUT2D eigenvalue weighted by Crippen LogP contribution is -2.41. The molecule has 34 heavy (non-hydrogen) atoms. The van der Waals surface area contributed by atoms with Crippen LogP contribution in [0.25, 0.3) is 0 Å². The van der Waals surface area contributed by atoms with Crippen LogP contribution in [0.3, 0.4) is 0 Å². The third kappa shape index (κ3) is 5.66. The van der Waals surface area contributed by atoms with E-state index < -0.39 is 28.3 Å². The lowest BCUT2D eigenvalue weighted by molar-refractivity contribution is -0.128. The van der Waals surface area contributed by atoms with Crippen LogP contribution in [-0.4, -0.2) is 47.0 Å². The Morgan fingerprint density at radius 1 is 0.912 bits per heavy atom. The van der Waals surface area contributed by atoms with E-state index in [1.54, 1.807) is 7.05 Å². The third-order valence-electron chi connectivity index (χ3n) is 5.30. The highest BCUT2D eigenvalue weighted by Gasteiger charge is 2.29. The number of amides is 1. The Kier molecular flexibility index (Phi) is 7.78. The van der Waals surface area contributed by atoms with Gasteiger partial charge in [-0.25, -0.2) is 12.8 Å². The molecule has 0 fully saturated rings. The summed E-state index contributed by atoms with van der Waals surface area (Å²) in [6, 6.07) is 16.8. The van der Waals surface area contributed by atoms with Gasteiger partial charge in [-0.2, -0.15) is 0 Å². The molecule has 0 aliphatic carbocycles. The Morgan fingerprint density at radius 3 is 2.12 bits per heavy atom. The summed E-state index contributed by atoms with van der Waals surface area (Å²) in [7, 11) is 0.244. The summed E-state index contributed by atoms with van der Waals surface area (Å²) in [6.07, 6.45) is 0. The molecule has 0 N–H and O–H groups in total. The van der Waals surface area contributed by atoms with E-state index in [2.05, 4.69) is 0 Å². The Bertz CT molecular complexity index is 1250. The summed E-state index contributed by atoms with van der Waals surface area (Å²) in [5.41, 5.74) is 2.17. The first-order valence-corrected chi connectivity index (χ1v) is 11.9. The lowest BCUT2D eigenvalue weighted by atomic mass is 10.1. The van der Waals surface area contributed by atoms with E-state index in [-0.39, 0.29) is 16.3 Å². The van der Waals surface area contributed by atoms with Crippen LogP contribution in [0.5, 0.6) is 11.5 Å². The van der Waals surface area contributed by atoms with Gasteiger partial charge in [-0.1, -0.05) is 29.8 Å². The number of aryl methyl sites for hydroxylation is 1. The van der Waals surface area contributed by atoms with Crippen molar-refractivity contribution < 1.29 is 27.1 Å². The second kappa shape index (κ2) is 10.6. The summed E-state index contributed by atoms with van der Waals surface area (Å²) < 4.78 is 52.1. The quantitative estimate of drug-likeness (QED) is 0.457. The van der Waals surface area contributed by atoms with Gasteiger partial charge in [-0.05, 0) is 48.9 Å². The second-order valence-corrected chi connectivity index (χ2v) is 9.60. The minimum atomic E-state index is -4.20. The van der Waals surface area contributed by atoms with Crippen LogP contribution in [0.15, 0.2) is 71.6 Å². The van der Waals surface area contributed by atoms with Crippen LogP contribution in [0.1, 0.15) is 11.1 Å². The molecule has 3 aromatic carbocycles. The molecule has 7 nitrogen and oxygen atoms in total. The number of methoxy groups -OCH3 is 2. The van der Waals surface area contributed by atoms with Gasteiger partial charge in [0.05, 0.1) is 24.8 Å². The van der Waals surface area contributed by atoms with Crippen LogP contribution in [0, 0.1) is 12.7 Å². The number of ether oxygens (including phenoxy) is 2. The molecule has 0 bridgehead atoms. The zero-order chi connectivity index (χ0) is 24.9. The van der Waals surface area contributed by atoms with E-state index in [4.69, 9.17) is 9.47 Å². The Labute approximate surface area is 199 Å². The minimum Gasteiger partial charge on any atom is -0.493 e. The summed E-state index contributed by atoms with van der Waals surface area (Å²) in [5.74, 6) is -0.349. The van der Waals surface area contributed by atoms with Crippen molar-refractivity contribution in [1.29, 1.82) is 0 Å². The zero-order valence-electron chi connectivity index (χ0n) is 19.5. The molecule has 0 aliphatic heterocycles. The highest BCUT2D eigenvalue weighted by atomic mass is 32.2. The number of likely N-dealkylation sites (N-methyl/N-ethyl adjacent to an activating group) is 1. The lowest BCUT2D eigenvalue weighted by Gasteiger charge is -2.27. The van der Waals surface area contributed by atoms with E-state index in [0.717, 1.165) is 27.6 Å². The first-order valence-electron chi connectivity index (χ1n) is 10.5. The maximum absolute atomic E-state index is 13.6. The smallest absolute Gasteiger partial charge is 0.264 e. The number of hydrogen-bond donors (Lipinski definition) is 0. The van der Waals surface area contributed by atoms with Gasteiger partial charge in [0.1, 0.15) is 12.4 Å². The molecule has 0 saturated heterocycles. The molecule has 0 atom stereocenters. The van der Waals surface area contributed by atoms with Crippen LogP contribution in [-0.2, 0) is 21.4 Å². The van der Waals surface area contributed by atoms with E-state index in [0.29, 0.717) is 12.3 Å². The number of halogens is 1. The molecule has 0 heterocycles. The van der Waals surface area contributed by atoms with Gasteiger partial charge in [-0.3, -0.25) is 9.10 Å². The number of hydrogen-bond acceptors (Lipinski definition) is 5. The fraction of sp³-hybridized carbons (Fsp3) is 0.240. The monoisotopic (exact) mass is 486 g/mol. The summed E-state index contributed by atoms with van der Waals surface area (Å²) in [4.78, 5) is 14.4. The fourth-order valence-electron chi connectivity index (χ4n) is 3.33. The molecule has 0 aliphatic rings. The summed E-state index contributed by atoms with van der Waals surface area (Å²) >= 11 is 0. The number of nitrogens with zero attached hydrogens (tertiary/aromatic N) is 2. The predicted octanol–water partition coefficient (Wildman–Crippen LogP) is 4.01. The fourth-order valence-corrected chi connectivity index (χ4v) is 4.76. The minimum absolute atomic E-state index is 0.0940. The van der Waals surface area contributed by atoms with Crippen LogP contribution < -0.4 is 13.8 Å². The van der Waals surface area contributed by atoms with E-state index in [1.165, 1.54) is 49.5 Å². The van der Waals surface area contributed by atoms with Gasteiger partial charge >= 0.3 is 0 Å². The number of benzene rings is 3. The maximum Gasteiger partial charge on any atom is 0.264 e. The topological polar surface area (TPSA) is 76.2 Å². The third-order valence-corrected chi connectivity index (χ3v) is 7.07. The average Bonchev–Trinajstić information content (AvgIpc) is 2.83. The van der Waals surface area contributed by atoms with Crippen molar-refractivity contribution in [2.24, 2.45) is 0 Å². The molecular weight excluding hydrogens is 459 g/mol. The number of carbonyl (C=O) groups is 1. The zero-order valence-corrected chi connectivity index (χ0v) is 20.3. The van der Waals surface area contributed by atoms with Gasteiger partial charge in [0.2, 0.25) is 5.91 Å². The molecule has 0 spiro atoms. The molecule has 3 rings (SSSR count). The van der Waals surface area contributed by atoms with Gasteiger partial charge in [0.25, 0.3) is 10.0 Å². The van der Waals surface area contributed by atoms with Gasteiger partial charge in [0, 0.05) is 19.7 Å². The SMILES string of the molecule is COc1ccc(S(=O)(=O)N(CC(=O)N(C)Cc2ccc(C)cc2)c2ccc(F)cc2)cc1OC. The Morgan fingerprint density at radius 2 is 1.53 bits per heavy atom. The predicted molar refractivity (Wildman–Crippen MR) is 128 cm³/mol. The van der Waals surface area contributed by atoms with Gasteiger partial charge in [-0.15, -0.1) is 0 Å². The first kappa shape index (κ1) is 25.0. The molecular formula is C25H27FN2O5S. The standard InChI is InChI=1S/C25H27FN2O5S/c1-18-5-7-19(8-6-18)16-27(2)25(29)17-28(21-11-9-20(26)10-12-21)34(30,31)22-13-14-23(32-3)24(15-22)33-4/h5-15H,16-17H2,1-4H3. The number of carbonyl (C=O) groups excluding carboxylic acids is 1. The van der Waals surface area contributed by atoms with Crippen molar-refractivity contribution in [3.05, 3.63) is 83.7 Å². The van der Waals surface area contributed by atoms with Crippen molar-refractivity contribution in [2.45, 2.75) is 18.4 Å². The second-order valence-electron chi connectivity index (χ2n) is 7.74. The Hall–Kier alpha value is -3.59. The van der Waals surface area contributed by atoms with Crippen LogP contribution >= 0.6 is 0 Å². The molecule has 0 aromatic heterocycles. The summed E-state index contributed by atoms with van der Waals surface area (Å²) in [6.45, 7) is 1.82. The summed E-state index contributed by atoms with van der Waals surface area (Å²) in [5, 5.41) is 0. The van der Waals surface area contributed by atoms with Crippen LogP contribution in [0.2, 0.25) is 0 Å². The molecule has 1 amide bonds. The maximum atomic E-state index is 13.6. The van der Waals surface area contributed by atoms with Crippen molar-refractivity contribution in [1.82, 2.24) is 4.90 Å². The van der Waals surface area contributed by atoms with Crippen molar-refractivity contribution in [3.8, 4) is 11.5 Å². The first-order chi connectivity index (χ1) is 16.1. The van der Waals surface area contributed by atoms with Crippen molar-refractivity contribution in [3.63, 3.8) is 0 Å². The van der Waals surface area contributed by atoms with E-state index in [1.807, 2.05) is 31.2 Å². The van der Waals surface area contributed by atoms with Gasteiger partial charge in [0.15, 0.2) is 11.5 Å². The van der Waals surface area contributed by atoms with E-state index >= 15 is 0 Å². The molecule has 0 unspecified atom stereocenters. The largest absolute Gasteiger partial charge is 0.493 e. The molecule has 0 saturated carbocycles. The highest BCUT2D eigenvalue weighted by Crippen LogP contribution is 2.32. The number of sulfonamides is 1. The molecule has 3 aromatic rings. The molecule has 9 heteroatoms. The van der Waals surface area contributed by atoms with Crippen molar-refractivity contribution in [2.75, 3.05) is 32.1 Å². The van der Waals surface area contributed by atoms with Crippen molar-refractivity contribution >= 4 is 21.6 Å². The number of rotatable bonds is 9. The van der Waals surface area contributed by atoms with Crippen LogP contribution in [0.4, 0.5) is 10.1 Å². The van der Waals surface area contributed by atoms with E-state index in [9.17, 15) is 17.6 Å². The normalized spacial score (nSPS) is 11.1. The number of anilines is 1. The average molecular weight is 487 g/mol.